The maximum absolute atomic E-state index is 11.6. The van der Waals surface area contributed by atoms with Gasteiger partial charge in [0.25, 0.3) is 0 Å². The Bertz CT molecular complexity index is 349. The van der Waals surface area contributed by atoms with E-state index >= 15 is 0 Å². The molecule has 3 atom stereocenters. The van der Waals surface area contributed by atoms with E-state index < -0.39 is 22.7 Å². The summed E-state index contributed by atoms with van der Waals surface area (Å²) in [5.74, 6) is -0.342. The van der Waals surface area contributed by atoms with Crippen molar-refractivity contribution in [2.45, 2.75) is 38.6 Å². The molecule has 1 rings (SSSR count). The van der Waals surface area contributed by atoms with Gasteiger partial charge in [0.05, 0.1) is 5.92 Å². The van der Waals surface area contributed by atoms with E-state index in [1.54, 1.807) is 0 Å². The van der Waals surface area contributed by atoms with Crippen molar-refractivity contribution in [2.75, 3.05) is 18.1 Å². The normalized spacial score (nSPS) is 24.5. The molecule has 0 spiro atoms. The third-order valence-corrected chi connectivity index (χ3v) is 4.64. The van der Waals surface area contributed by atoms with E-state index in [1.807, 2.05) is 6.92 Å². The fourth-order valence-corrected chi connectivity index (χ4v) is 2.86. The number of carboxylic acid groups (broad SMARTS) is 1. The number of hydrogen-bond acceptors (Lipinski definition) is 3. The van der Waals surface area contributed by atoms with E-state index in [4.69, 9.17) is 5.11 Å². The molecule has 0 aromatic rings. The Kier molecular flexibility index (Phi) is 6.83. The highest BCUT2D eigenvalue weighted by Gasteiger charge is 2.31. The summed E-state index contributed by atoms with van der Waals surface area (Å²) in [7, 11) is -0.901. The van der Waals surface area contributed by atoms with Crippen LogP contribution in [0.5, 0.6) is 0 Å². The van der Waals surface area contributed by atoms with Crippen LogP contribution in [0.3, 0.4) is 0 Å². The van der Waals surface area contributed by atoms with Crippen molar-refractivity contribution < 1.29 is 18.9 Å². The van der Waals surface area contributed by atoms with E-state index in [9.17, 15) is 13.8 Å². The van der Waals surface area contributed by atoms with Crippen LogP contribution in [0.15, 0.2) is 0 Å². The number of carbonyl (C=O) groups is 2. The molecule has 6 nitrogen and oxygen atoms in total. The van der Waals surface area contributed by atoms with Gasteiger partial charge < -0.3 is 15.7 Å². The monoisotopic (exact) mass is 290 g/mol. The Morgan fingerprint density at radius 3 is 2.63 bits per heavy atom. The number of aliphatic carboxylic acids is 1. The molecule has 7 heteroatoms. The van der Waals surface area contributed by atoms with Crippen LogP contribution in [0.2, 0.25) is 0 Å². The average molecular weight is 290 g/mol. The van der Waals surface area contributed by atoms with Gasteiger partial charge in [0.15, 0.2) is 0 Å². The average Bonchev–Trinajstić information content (AvgIpc) is 2.38. The van der Waals surface area contributed by atoms with Gasteiger partial charge in [-0.25, -0.2) is 4.79 Å². The van der Waals surface area contributed by atoms with Gasteiger partial charge in [-0.05, 0) is 12.8 Å². The smallest absolute Gasteiger partial charge is 0.315 e. The molecule has 110 valence electrons. The Morgan fingerprint density at radius 1 is 1.32 bits per heavy atom. The Hall–Kier alpha value is -1.11. The molecule has 0 bridgehead atoms. The van der Waals surface area contributed by atoms with Crippen LogP contribution in [0.4, 0.5) is 4.79 Å². The molecule has 1 fully saturated rings. The summed E-state index contributed by atoms with van der Waals surface area (Å²) < 4.78 is 11.2. The van der Waals surface area contributed by atoms with E-state index in [0.717, 1.165) is 12.8 Å². The summed E-state index contributed by atoms with van der Waals surface area (Å²) in [4.78, 5) is 22.7. The van der Waals surface area contributed by atoms with Crippen LogP contribution in [0.25, 0.3) is 0 Å². The molecule has 1 saturated carbocycles. The summed E-state index contributed by atoms with van der Waals surface area (Å²) >= 11 is 0. The summed E-state index contributed by atoms with van der Waals surface area (Å²) in [6, 6.07) is -0.672. The molecule has 1 aliphatic rings. The predicted molar refractivity (Wildman–Crippen MR) is 73.5 cm³/mol. The third-order valence-electron chi connectivity index (χ3n) is 3.34. The SMILES string of the molecule is CCS(=O)CCNC(=O)NC1CCCCC1C(=O)O. The van der Waals surface area contributed by atoms with E-state index in [2.05, 4.69) is 10.6 Å². The van der Waals surface area contributed by atoms with Crippen LogP contribution >= 0.6 is 0 Å². The molecule has 3 unspecified atom stereocenters. The van der Waals surface area contributed by atoms with Gasteiger partial charge in [-0.15, -0.1) is 0 Å². The minimum absolute atomic E-state index is 0.303. The van der Waals surface area contributed by atoms with Gasteiger partial charge in [-0.2, -0.15) is 0 Å². The van der Waals surface area contributed by atoms with Crippen molar-refractivity contribution in [1.82, 2.24) is 10.6 Å². The molecule has 0 heterocycles. The quantitative estimate of drug-likeness (QED) is 0.671. The highest BCUT2D eigenvalue weighted by molar-refractivity contribution is 7.84. The van der Waals surface area contributed by atoms with Crippen molar-refractivity contribution in [3.05, 3.63) is 0 Å². The maximum Gasteiger partial charge on any atom is 0.315 e. The van der Waals surface area contributed by atoms with Crippen molar-refractivity contribution >= 4 is 22.8 Å². The van der Waals surface area contributed by atoms with Gasteiger partial charge in [0, 0.05) is 34.9 Å². The van der Waals surface area contributed by atoms with Gasteiger partial charge >= 0.3 is 12.0 Å². The molecule has 1 aliphatic carbocycles. The second-order valence-corrected chi connectivity index (χ2v) is 6.53. The highest BCUT2D eigenvalue weighted by atomic mass is 32.2. The van der Waals surface area contributed by atoms with Crippen LogP contribution in [-0.4, -0.2) is 45.4 Å². The lowest BCUT2D eigenvalue weighted by atomic mass is 9.84. The lowest BCUT2D eigenvalue weighted by molar-refractivity contribution is -0.143. The van der Waals surface area contributed by atoms with Crippen LogP contribution in [0.1, 0.15) is 32.6 Å². The summed E-state index contributed by atoms with van der Waals surface area (Å²) in [6.07, 6.45) is 3.15. The fraction of sp³-hybridized carbons (Fsp3) is 0.833. The topological polar surface area (TPSA) is 95.5 Å². The van der Waals surface area contributed by atoms with Gasteiger partial charge in [-0.3, -0.25) is 9.00 Å². The molecule has 0 aromatic carbocycles. The van der Waals surface area contributed by atoms with Gasteiger partial charge in [0.1, 0.15) is 0 Å². The lowest BCUT2D eigenvalue weighted by Crippen LogP contribution is -2.49. The van der Waals surface area contributed by atoms with Crippen molar-refractivity contribution in [3.8, 4) is 0 Å². The highest BCUT2D eigenvalue weighted by Crippen LogP contribution is 2.24. The van der Waals surface area contributed by atoms with E-state index in [1.165, 1.54) is 0 Å². The third kappa shape index (κ3) is 5.59. The molecule has 19 heavy (non-hydrogen) atoms. The zero-order valence-electron chi connectivity index (χ0n) is 11.2. The van der Waals surface area contributed by atoms with Crippen molar-refractivity contribution in [1.29, 1.82) is 0 Å². The minimum atomic E-state index is -0.901. The lowest BCUT2D eigenvalue weighted by Gasteiger charge is -2.29. The number of nitrogens with one attached hydrogen (secondary N) is 2. The molecule has 2 amide bonds. The molecule has 0 radical (unpaired) electrons. The van der Waals surface area contributed by atoms with E-state index in [0.29, 0.717) is 30.9 Å². The predicted octanol–water partition coefficient (Wildman–Crippen LogP) is 0.698. The Balaban J connectivity index is 2.33. The minimum Gasteiger partial charge on any atom is -0.481 e. The molecule has 3 N–H and O–H groups in total. The van der Waals surface area contributed by atoms with Gasteiger partial charge in [-0.1, -0.05) is 19.8 Å². The fourth-order valence-electron chi connectivity index (χ4n) is 2.24. The van der Waals surface area contributed by atoms with Crippen molar-refractivity contribution in [3.63, 3.8) is 0 Å². The largest absolute Gasteiger partial charge is 0.481 e. The summed E-state index contributed by atoms with van der Waals surface area (Å²) in [5.41, 5.74) is 0. The Labute approximate surface area is 115 Å². The first kappa shape index (κ1) is 15.9. The van der Waals surface area contributed by atoms with E-state index in [-0.39, 0.29) is 12.1 Å². The zero-order valence-corrected chi connectivity index (χ0v) is 12.0. The van der Waals surface area contributed by atoms with Crippen LogP contribution in [-0.2, 0) is 15.6 Å². The number of hydrogen-bond donors (Lipinski definition) is 3. The number of rotatable bonds is 6. The van der Waals surface area contributed by atoms with Crippen LogP contribution < -0.4 is 10.6 Å². The van der Waals surface area contributed by atoms with Gasteiger partial charge in [0.2, 0.25) is 0 Å². The summed E-state index contributed by atoms with van der Waals surface area (Å²) in [5, 5.41) is 14.4. The maximum atomic E-state index is 11.6. The first-order chi connectivity index (χ1) is 9.04. The molecular formula is C12H22N2O4S. The van der Waals surface area contributed by atoms with Crippen molar-refractivity contribution in [2.24, 2.45) is 5.92 Å². The zero-order chi connectivity index (χ0) is 14.3. The molecular weight excluding hydrogens is 268 g/mol. The number of carbonyl (C=O) groups excluding carboxylic acids is 1. The first-order valence-electron chi connectivity index (χ1n) is 6.66. The second kappa shape index (κ2) is 8.14. The number of carboxylic acids is 1. The molecule has 0 saturated heterocycles. The standard InChI is InChI=1S/C12H22N2O4S/c1-2-19(18)8-7-13-12(17)14-10-6-4-3-5-9(10)11(15)16/h9-10H,2-8H2,1H3,(H,15,16)(H2,13,14,17). The summed E-state index contributed by atoms with van der Waals surface area (Å²) in [6.45, 7) is 2.17. The Morgan fingerprint density at radius 2 is 2.00 bits per heavy atom. The first-order valence-corrected chi connectivity index (χ1v) is 8.15. The second-order valence-electron chi connectivity index (χ2n) is 4.67. The number of amides is 2. The molecule has 0 aliphatic heterocycles. The molecule has 0 aromatic heterocycles. The number of urea groups is 1. The van der Waals surface area contributed by atoms with Crippen LogP contribution in [0, 0.1) is 5.92 Å².